The van der Waals surface area contributed by atoms with E-state index in [2.05, 4.69) is 17.1 Å². The van der Waals surface area contributed by atoms with Crippen LogP contribution >= 0.6 is 0 Å². The summed E-state index contributed by atoms with van der Waals surface area (Å²) in [6.45, 7) is 3.83. The second-order valence-corrected chi connectivity index (χ2v) is 5.32. The lowest BCUT2D eigenvalue weighted by atomic mass is 9.97. The van der Waals surface area contributed by atoms with Gasteiger partial charge in [0.05, 0.1) is 6.04 Å². The second-order valence-electron chi connectivity index (χ2n) is 5.32. The Labute approximate surface area is 104 Å². The summed E-state index contributed by atoms with van der Waals surface area (Å²) in [5, 5.41) is 2.96. The van der Waals surface area contributed by atoms with Gasteiger partial charge in [-0.05, 0) is 19.3 Å². The molecular formula is C13H25N3O. The van der Waals surface area contributed by atoms with Crippen LogP contribution in [0.25, 0.3) is 0 Å². The number of rotatable bonds is 2. The Morgan fingerprint density at radius 3 is 2.88 bits per heavy atom. The highest BCUT2D eigenvalue weighted by Crippen LogP contribution is 2.24. The first-order valence-electron chi connectivity index (χ1n) is 7.03. The normalized spacial score (nSPS) is 36.4. The highest BCUT2D eigenvalue weighted by molar-refractivity contribution is 5.82. The van der Waals surface area contributed by atoms with Gasteiger partial charge >= 0.3 is 0 Å². The Bertz CT molecular complexity index is 269. The van der Waals surface area contributed by atoms with Crippen molar-refractivity contribution in [1.82, 2.24) is 10.2 Å². The number of amides is 1. The molecule has 2 rings (SSSR count). The molecule has 1 heterocycles. The SMILES string of the molecule is CCC1C(=O)NCCN1C1CCCCCC1N. The van der Waals surface area contributed by atoms with E-state index in [1.54, 1.807) is 0 Å². The summed E-state index contributed by atoms with van der Waals surface area (Å²) in [5.41, 5.74) is 6.30. The summed E-state index contributed by atoms with van der Waals surface area (Å²) < 4.78 is 0. The van der Waals surface area contributed by atoms with Crippen molar-refractivity contribution in [2.24, 2.45) is 5.73 Å². The van der Waals surface area contributed by atoms with Gasteiger partial charge in [-0.25, -0.2) is 0 Å². The average molecular weight is 239 g/mol. The molecule has 1 saturated carbocycles. The van der Waals surface area contributed by atoms with E-state index in [4.69, 9.17) is 5.73 Å². The van der Waals surface area contributed by atoms with Crippen LogP contribution in [-0.4, -0.2) is 42.0 Å². The fourth-order valence-corrected chi connectivity index (χ4v) is 3.28. The molecule has 3 unspecified atom stereocenters. The molecule has 17 heavy (non-hydrogen) atoms. The van der Waals surface area contributed by atoms with Gasteiger partial charge in [-0.1, -0.05) is 26.2 Å². The standard InChI is InChI=1S/C13H25N3O/c1-2-11-13(17)15-8-9-16(11)12-7-5-3-4-6-10(12)14/h10-12H,2-9,14H2,1H3,(H,15,17). The number of nitrogens with one attached hydrogen (secondary N) is 1. The molecule has 1 amide bonds. The molecule has 0 bridgehead atoms. The monoisotopic (exact) mass is 239 g/mol. The number of hydrogen-bond donors (Lipinski definition) is 2. The van der Waals surface area contributed by atoms with Gasteiger partial charge in [0.2, 0.25) is 5.91 Å². The molecule has 0 aromatic rings. The molecule has 0 spiro atoms. The van der Waals surface area contributed by atoms with Crippen LogP contribution in [0.2, 0.25) is 0 Å². The zero-order valence-electron chi connectivity index (χ0n) is 10.8. The zero-order chi connectivity index (χ0) is 12.3. The fourth-order valence-electron chi connectivity index (χ4n) is 3.28. The molecule has 0 radical (unpaired) electrons. The maximum Gasteiger partial charge on any atom is 0.237 e. The number of nitrogens with zero attached hydrogens (tertiary/aromatic N) is 1. The van der Waals surface area contributed by atoms with E-state index in [1.165, 1.54) is 19.3 Å². The molecule has 0 aromatic carbocycles. The third-order valence-corrected chi connectivity index (χ3v) is 4.22. The molecule has 98 valence electrons. The fraction of sp³-hybridized carbons (Fsp3) is 0.923. The molecule has 2 fully saturated rings. The van der Waals surface area contributed by atoms with Crippen molar-refractivity contribution in [3.8, 4) is 0 Å². The van der Waals surface area contributed by atoms with Crippen molar-refractivity contribution in [3.05, 3.63) is 0 Å². The minimum Gasteiger partial charge on any atom is -0.353 e. The minimum atomic E-state index is 0.0397. The highest BCUT2D eigenvalue weighted by atomic mass is 16.2. The van der Waals surface area contributed by atoms with E-state index in [-0.39, 0.29) is 18.0 Å². The summed E-state index contributed by atoms with van der Waals surface area (Å²) >= 11 is 0. The molecule has 1 saturated heterocycles. The summed E-state index contributed by atoms with van der Waals surface area (Å²) in [4.78, 5) is 14.2. The lowest BCUT2D eigenvalue weighted by Gasteiger charge is -2.42. The third kappa shape index (κ3) is 2.80. The number of piperazine rings is 1. The number of hydrogen-bond acceptors (Lipinski definition) is 3. The van der Waals surface area contributed by atoms with Crippen LogP contribution in [0.3, 0.4) is 0 Å². The lowest BCUT2D eigenvalue weighted by Crippen LogP contribution is -2.61. The highest BCUT2D eigenvalue weighted by Gasteiger charge is 2.35. The maximum absolute atomic E-state index is 11.9. The Kier molecular flexibility index (Phi) is 4.40. The molecular weight excluding hydrogens is 214 g/mol. The van der Waals surface area contributed by atoms with Crippen LogP contribution in [0.1, 0.15) is 45.4 Å². The van der Waals surface area contributed by atoms with Gasteiger partial charge in [0.15, 0.2) is 0 Å². The zero-order valence-corrected chi connectivity index (χ0v) is 10.8. The van der Waals surface area contributed by atoms with Gasteiger partial charge in [0.25, 0.3) is 0 Å². The Hall–Kier alpha value is -0.610. The summed E-state index contributed by atoms with van der Waals surface area (Å²) in [5.74, 6) is 0.190. The van der Waals surface area contributed by atoms with Crippen molar-refractivity contribution in [2.45, 2.75) is 63.6 Å². The van der Waals surface area contributed by atoms with Gasteiger partial charge in [0, 0.05) is 25.2 Å². The molecule has 2 aliphatic rings. The second kappa shape index (κ2) is 5.83. The summed E-state index contributed by atoms with van der Waals surface area (Å²) in [6, 6.07) is 0.698. The van der Waals surface area contributed by atoms with Crippen LogP contribution in [0.15, 0.2) is 0 Å². The van der Waals surface area contributed by atoms with Gasteiger partial charge < -0.3 is 11.1 Å². The van der Waals surface area contributed by atoms with Crippen LogP contribution in [0.4, 0.5) is 0 Å². The smallest absolute Gasteiger partial charge is 0.237 e. The van der Waals surface area contributed by atoms with Crippen LogP contribution < -0.4 is 11.1 Å². The molecule has 4 nitrogen and oxygen atoms in total. The topological polar surface area (TPSA) is 58.4 Å². The molecule has 0 aromatic heterocycles. The van der Waals surface area contributed by atoms with E-state index < -0.39 is 0 Å². The first kappa shape index (κ1) is 12.8. The number of carbonyl (C=O) groups is 1. The Morgan fingerprint density at radius 2 is 2.12 bits per heavy atom. The number of carbonyl (C=O) groups excluding carboxylic acids is 1. The van der Waals surface area contributed by atoms with Gasteiger partial charge in [-0.3, -0.25) is 9.69 Å². The molecule has 3 atom stereocenters. The minimum absolute atomic E-state index is 0.0397. The van der Waals surface area contributed by atoms with E-state index >= 15 is 0 Å². The quantitative estimate of drug-likeness (QED) is 0.703. The first-order chi connectivity index (χ1) is 8.24. The van der Waals surface area contributed by atoms with Crippen LogP contribution in [0, 0.1) is 0 Å². The van der Waals surface area contributed by atoms with Crippen molar-refractivity contribution in [3.63, 3.8) is 0 Å². The van der Waals surface area contributed by atoms with Gasteiger partial charge in [-0.2, -0.15) is 0 Å². The van der Waals surface area contributed by atoms with Crippen molar-refractivity contribution in [1.29, 1.82) is 0 Å². The van der Waals surface area contributed by atoms with Crippen molar-refractivity contribution in [2.75, 3.05) is 13.1 Å². The predicted octanol–water partition coefficient (Wildman–Crippen LogP) is 0.857. The van der Waals surface area contributed by atoms with Gasteiger partial charge in [0.1, 0.15) is 0 Å². The third-order valence-electron chi connectivity index (χ3n) is 4.22. The summed E-state index contributed by atoms with van der Waals surface area (Å²) in [7, 11) is 0. The van der Waals surface area contributed by atoms with E-state index in [1.807, 2.05) is 0 Å². The van der Waals surface area contributed by atoms with E-state index in [0.717, 1.165) is 32.4 Å². The molecule has 3 N–H and O–H groups in total. The predicted molar refractivity (Wildman–Crippen MR) is 68.6 cm³/mol. The Balaban J connectivity index is 2.09. The Morgan fingerprint density at radius 1 is 1.35 bits per heavy atom. The maximum atomic E-state index is 11.9. The molecule has 1 aliphatic carbocycles. The van der Waals surface area contributed by atoms with E-state index in [9.17, 15) is 4.79 Å². The molecule has 4 heteroatoms. The van der Waals surface area contributed by atoms with Crippen molar-refractivity contribution >= 4 is 5.91 Å². The van der Waals surface area contributed by atoms with Crippen LogP contribution in [0.5, 0.6) is 0 Å². The van der Waals surface area contributed by atoms with Crippen LogP contribution in [-0.2, 0) is 4.79 Å². The molecule has 1 aliphatic heterocycles. The lowest BCUT2D eigenvalue weighted by molar-refractivity contribution is -0.130. The number of nitrogens with two attached hydrogens (primary N) is 1. The first-order valence-corrected chi connectivity index (χ1v) is 7.03. The van der Waals surface area contributed by atoms with Crippen molar-refractivity contribution < 1.29 is 4.79 Å². The largest absolute Gasteiger partial charge is 0.353 e. The van der Waals surface area contributed by atoms with E-state index in [0.29, 0.717) is 6.04 Å². The average Bonchev–Trinajstić information content (AvgIpc) is 2.53. The van der Waals surface area contributed by atoms with Gasteiger partial charge in [-0.15, -0.1) is 0 Å². The summed E-state index contributed by atoms with van der Waals surface area (Å²) in [6.07, 6.45) is 6.95.